The van der Waals surface area contributed by atoms with Gasteiger partial charge in [0.1, 0.15) is 6.04 Å². The Balaban J connectivity index is 2.08. The van der Waals surface area contributed by atoms with Crippen LogP contribution in [0.3, 0.4) is 0 Å². The van der Waals surface area contributed by atoms with Crippen molar-refractivity contribution in [2.75, 3.05) is 14.2 Å². The lowest BCUT2D eigenvalue weighted by atomic mass is 9.77. The van der Waals surface area contributed by atoms with E-state index < -0.39 is 26.2 Å². The predicted molar refractivity (Wildman–Crippen MR) is 121 cm³/mol. The number of ether oxygens (including phenoxy) is 2. The molecule has 1 saturated heterocycles. The first-order valence-electron chi connectivity index (χ1n) is 10.5. The van der Waals surface area contributed by atoms with Crippen LogP contribution in [0.2, 0.25) is 19.6 Å². The van der Waals surface area contributed by atoms with Gasteiger partial charge >= 0.3 is 5.97 Å². The third-order valence-electron chi connectivity index (χ3n) is 5.46. The van der Waals surface area contributed by atoms with Crippen LogP contribution in [0, 0.1) is 0 Å². The summed E-state index contributed by atoms with van der Waals surface area (Å²) in [5.41, 5.74) is 1.52. The van der Waals surface area contributed by atoms with E-state index in [-0.39, 0.29) is 18.3 Å². The van der Waals surface area contributed by atoms with Gasteiger partial charge in [-0.2, -0.15) is 0 Å². The van der Waals surface area contributed by atoms with Crippen molar-refractivity contribution in [1.29, 1.82) is 0 Å². The van der Waals surface area contributed by atoms with E-state index in [2.05, 4.69) is 19.6 Å². The fourth-order valence-electron chi connectivity index (χ4n) is 4.27. The second-order valence-electron chi connectivity index (χ2n) is 8.66. The van der Waals surface area contributed by atoms with Crippen molar-refractivity contribution in [2.45, 2.75) is 50.4 Å². The summed E-state index contributed by atoms with van der Waals surface area (Å²) in [4.78, 5) is 27.4. The van der Waals surface area contributed by atoms with Crippen molar-refractivity contribution >= 4 is 20.2 Å². The van der Waals surface area contributed by atoms with Crippen molar-refractivity contribution in [1.82, 2.24) is 4.90 Å². The van der Waals surface area contributed by atoms with Gasteiger partial charge in [0.05, 0.1) is 13.2 Å². The zero-order chi connectivity index (χ0) is 22.6. The summed E-state index contributed by atoms with van der Waals surface area (Å²) in [5, 5.41) is 0. The number of hydrogen-bond donors (Lipinski definition) is 0. The third-order valence-corrected chi connectivity index (χ3v) is 6.40. The molecule has 2 aromatic carbocycles. The van der Waals surface area contributed by atoms with Crippen LogP contribution in [0.1, 0.15) is 34.8 Å². The third kappa shape index (κ3) is 4.73. The van der Waals surface area contributed by atoms with Gasteiger partial charge in [-0.3, -0.25) is 9.59 Å². The average molecular weight is 442 g/mol. The molecule has 0 spiro atoms. The molecule has 1 amide bonds. The Labute approximate surface area is 185 Å². The Kier molecular flexibility index (Phi) is 6.98. The number of likely N-dealkylation sites (tertiary alicyclic amines) is 1. The molecule has 2 aromatic rings. The van der Waals surface area contributed by atoms with Crippen LogP contribution >= 0.6 is 0 Å². The number of esters is 1. The van der Waals surface area contributed by atoms with Crippen LogP contribution in [0.25, 0.3) is 0 Å². The molecule has 0 aromatic heterocycles. The van der Waals surface area contributed by atoms with Crippen molar-refractivity contribution in [2.24, 2.45) is 0 Å². The predicted octanol–water partition coefficient (Wildman–Crippen LogP) is 4.40. The lowest BCUT2D eigenvalue weighted by molar-refractivity contribution is -0.311. The number of carbonyl (C=O) groups is 2. The van der Waals surface area contributed by atoms with Crippen molar-refractivity contribution in [3.8, 4) is 0 Å². The van der Waals surface area contributed by atoms with Crippen LogP contribution in [0.4, 0.5) is 0 Å². The summed E-state index contributed by atoms with van der Waals surface area (Å²) in [5.74, 6) is -1.48. The molecule has 0 unspecified atom stereocenters. The minimum atomic E-state index is -2.09. The van der Waals surface area contributed by atoms with Crippen LogP contribution in [0.5, 0.6) is 0 Å². The first-order valence-corrected chi connectivity index (χ1v) is 13.9. The van der Waals surface area contributed by atoms with Gasteiger partial charge in [-0.15, -0.1) is 0 Å². The molecule has 0 aliphatic carbocycles. The molecule has 3 rings (SSSR count). The molecule has 31 heavy (non-hydrogen) atoms. The minimum absolute atomic E-state index is 0.115. The Hall–Kier alpha value is -2.48. The largest absolute Gasteiger partial charge is 0.469 e. The first-order chi connectivity index (χ1) is 14.7. The Morgan fingerprint density at radius 3 is 2.06 bits per heavy atom. The molecule has 0 saturated carbocycles. The number of nitrogens with zero attached hydrogens (tertiary/aromatic N) is 1. The summed E-state index contributed by atoms with van der Waals surface area (Å²) >= 11 is 0. The zero-order valence-corrected chi connectivity index (χ0v) is 19.8. The van der Waals surface area contributed by atoms with Crippen molar-refractivity contribution in [3.63, 3.8) is 0 Å². The maximum absolute atomic E-state index is 13.6. The van der Waals surface area contributed by atoms with Crippen molar-refractivity contribution in [3.05, 3.63) is 71.8 Å². The molecule has 1 aliphatic heterocycles. The first kappa shape index (κ1) is 23.2. The van der Waals surface area contributed by atoms with E-state index in [0.717, 1.165) is 5.56 Å². The Morgan fingerprint density at radius 1 is 0.968 bits per heavy atom. The van der Waals surface area contributed by atoms with E-state index in [1.54, 1.807) is 24.1 Å². The molecule has 1 heterocycles. The number of hydrogen-bond acceptors (Lipinski definition) is 5. The van der Waals surface area contributed by atoms with Crippen LogP contribution < -0.4 is 0 Å². The van der Waals surface area contributed by atoms with Gasteiger partial charge in [0, 0.05) is 19.1 Å². The molecule has 7 heteroatoms. The van der Waals surface area contributed by atoms with Gasteiger partial charge < -0.3 is 18.8 Å². The van der Waals surface area contributed by atoms with Crippen molar-refractivity contribution < 1.29 is 23.5 Å². The lowest BCUT2D eigenvalue weighted by Gasteiger charge is -2.63. The summed E-state index contributed by atoms with van der Waals surface area (Å²) in [7, 11) is 0.895. The van der Waals surface area contributed by atoms with Gasteiger partial charge in [-0.1, -0.05) is 48.5 Å². The molecule has 3 atom stereocenters. The molecule has 1 fully saturated rings. The summed E-state index contributed by atoms with van der Waals surface area (Å²) in [6, 6.07) is 18.1. The standard InChI is InChI=1S/C24H31NO5Si/c1-28-21(26)17-16-20-24(29-2,30-31(3,4)5)22(18-12-8-6-9-13-18)25(20)23(27)19-14-10-7-11-15-19/h6-15,20,22H,16-17H2,1-5H3/t20-,22+,24+/m1/s1. The SMILES string of the molecule is COC(=O)CC[C@H]1N(C(=O)c2ccccc2)[C@@H](c2ccccc2)[C@@]1(OC)O[Si](C)(C)C. The molecule has 1 aliphatic rings. The summed E-state index contributed by atoms with van der Waals surface area (Å²) < 4.78 is 17.6. The average Bonchev–Trinajstić information content (AvgIpc) is 2.76. The minimum Gasteiger partial charge on any atom is -0.469 e. The second-order valence-corrected chi connectivity index (χ2v) is 13.1. The highest BCUT2D eigenvalue weighted by Crippen LogP contribution is 2.53. The number of rotatable bonds is 8. The van der Waals surface area contributed by atoms with Crippen LogP contribution in [0.15, 0.2) is 60.7 Å². The van der Waals surface area contributed by atoms with Gasteiger partial charge in [0.25, 0.3) is 5.91 Å². The number of carbonyl (C=O) groups excluding carboxylic acids is 2. The second kappa shape index (κ2) is 9.34. The monoisotopic (exact) mass is 441 g/mol. The highest BCUT2D eigenvalue weighted by atomic mass is 28.4. The van der Waals surface area contributed by atoms with Crippen LogP contribution in [-0.2, 0) is 18.7 Å². The van der Waals surface area contributed by atoms with E-state index in [0.29, 0.717) is 12.0 Å². The Bertz CT molecular complexity index is 899. The van der Waals surface area contributed by atoms with E-state index in [4.69, 9.17) is 13.9 Å². The molecule has 166 valence electrons. The molecule has 6 nitrogen and oxygen atoms in total. The van der Waals surface area contributed by atoms with Gasteiger partial charge in [-0.25, -0.2) is 0 Å². The highest BCUT2D eigenvalue weighted by Gasteiger charge is 2.65. The summed E-state index contributed by atoms with van der Waals surface area (Å²) in [6.45, 7) is 6.28. The zero-order valence-electron chi connectivity index (χ0n) is 18.8. The smallest absolute Gasteiger partial charge is 0.305 e. The van der Waals surface area contributed by atoms with E-state index in [1.807, 2.05) is 48.5 Å². The van der Waals surface area contributed by atoms with E-state index >= 15 is 0 Å². The van der Waals surface area contributed by atoms with Gasteiger partial charge in [0.2, 0.25) is 5.79 Å². The number of amides is 1. The quantitative estimate of drug-likeness (QED) is 0.345. The van der Waals surface area contributed by atoms with Gasteiger partial charge in [0.15, 0.2) is 8.32 Å². The molecule has 0 radical (unpaired) electrons. The molecular weight excluding hydrogens is 410 g/mol. The highest BCUT2D eigenvalue weighted by molar-refractivity contribution is 6.69. The maximum atomic E-state index is 13.6. The molecular formula is C24H31NO5Si. The maximum Gasteiger partial charge on any atom is 0.305 e. The fraction of sp³-hybridized carbons (Fsp3) is 0.417. The number of methoxy groups -OCH3 is 2. The normalized spacial score (nSPS) is 23.2. The van der Waals surface area contributed by atoms with Gasteiger partial charge in [-0.05, 0) is 43.8 Å². The van der Waals surface area contributed by atoms with Crippen LogP contribution in [-0.4, -0.2) is 51.1 Å². The van der Waals surface area contributed by atoms with E-state index in [9.17, 15) is 9.59 Å². The molecule has 0 bridgehead atoms. The van der Waals surface area contributed by atoms with E-state index in [1.165, 1.54) is 7.11 Å². The fourth-order valence-corrected chi connectivity index (χ4v) is 5.56. The Morgan fingerprint density at radius 2 is 1.55 bits per heavy atom. The molecule has 0 N–H and O–H groups in total. The summed E-state index contributed by atoms with van der Waals surface area (Å²) in [6.07, 6.45) is 0.550. The lowest BCUT2D eigenvalue weighted by Crippen LogP contribution is -2.76. The topological polar surface area (TPSA) is 65.1 Å². The number of benzene rings is 2.